The van der Waals surface area contributed by atoms with E-state index in [0.717, 1.165) is 11.6 Å². The summed E-state index contributed by atoms with van der Waals surface area (Å²) >= 11 is 6.21. The number of halogens is 3. The highest BCUT2D eigenvalue weighted by molar-refractivity contribution is 7.46. The average molecular weight is 596 g/mol. The molecule has 1 aliphatic rings. The summed E-state index contributed by atoms with van der Waals surface area (Å²) in [6.45, 7) is 0.467. The third-order valence-electron chi connectivity index (χ3n) is 6.46. The van der Waals surface area contributed by atoms with Crippen LogP contribution in [0.4, 0.5) is 19.3 Å². The van der Waals surface area contributed by atoms with Gasteiger partial charge in [-0.1, -0.05) is 29.8 Å². The minimum Gasteiger partial charge on any atom is -0.466 e. The molecule has 0 saturated heterocycles. The molecule has 3 N–H and O–H groups in total. The van der Waals surface area contributed by atoms with Crippen LogP contribution in [0.2, 0.25) is 5.02 Å². The van der Waals surface area contributed by atoms with Gasteiger partial charge in [-0.3, -0.25) is 9.69 Å². The van der Waals surface area contributed by atoms with Crippen LogP contribution < -0.4 is 15.0 Å². The SMILES string of the molecule is C[C@H]1c2ccc(C(=O)NCc3c(F)cccc3OCOP(=O)(O)O)cc2N(Cc2c(F)cccc2Cl)C(=O)N1C. The lowest BCUT2D eigenvalue weighted by atomic mass is 9.98. The third kappa shape index (κ3) is 6.43. The summed E-state index contributed by atoms with van der Waals surface area (Å²) in [5.41, 5.74) is 1.31. The molecule has 3 aromatic rings. The maximum atomic E-state index is 14.6. The van der Waals surface area contributed by atoms with Crippen LogP contribution in [0.5, 0.6) is 5.75 Å². The van der Waals surface area contributed by atoms with Crippen molar-refractivity contribution in [3.63, 3.8) is 0 Å². The maximum absolute atomic E-state index is 14.6. The van der Waals surface area contributed by atoms with Crippen molar-refractivity contribution >= 4 is 37.0 Å². The van der Waals surface area contributed by atoms with Crippen molar-refractivity contribution in [2.45, 2.75) is 26.1 Å². The van der Waals surface area contributed by atoms with Gasteiger partial charge in [0.25, 0.3) is 5.91 Å². The van der Waals surface area contributed by atoms with Gasteiger partial charge in [0.05, 0.1) is 18.3 Å². The van der Waals surface area contributed by atoms with Gasteiger partial charge in [0, 0.05) is 35.3 Å². The number of nitrogens with one attached hydrogen (secondary N) is 1. The van der Waals surface area contributed by atoms with Crippen LogP contribution in [0.15, 0.2) is 54.6 Å². The number of amides is 3. The third-order valence-corrected chi connectivity index (χ3v) is 7.26. The molecular formula is C26H25ClF2N3O7P. The number of hydrogen-bond acceptors (Lipinski definition) is 5. The van der Waals surface area contributed by atoms with Crippen LogP contribution in [-0.4, -0.2) is 40.5 Å². The van der Waals surface area contributed by atoms with E-state index in [-0.39, 0.29) is 46.6 Å². The molecule has 3 amide bonds. The Labute approximate surface area is 233 Å². The molecule has 1 atom stereocenters. The molecule has 0 unspecified atom stereocenters. The number of ether oxygens (including phenoxy) is 1. The molecule has 0 aromatic heterocycles. The predicted molar refractivity (Wildman–Crippen MR) is 142 cm³/mol. The lowest BCUT2D eigenvalue weighted by Crippen LogP contribution is -2.46. The van der Waals surface area contributed by atoms with Crippen LogP contribution in [0.25, 0.3) is 0 Å². The largest absolute Gasteiger partial charge is 0.472 e. The van der Waals surface area contributed by atoms with E-state index in [2.05, 4.69) is 9.84 Å². The molecule has 40 heavy (non-hydrogen) atoms. The van der Waals surface area contributed by atoms with Crippen molar-refractivity contribution < 1.29 is 42.0 Å². The van der Waals surface area contributed by atoms with Gasteiger partial charge in [-0.15, -0.1) is 0 Å². The van der Waals surface area contributed by atoms with E-state index >= 15 is 0 Å². The van der Waals surface area contributed by atoms with Crippen LogP contribution >= 0.6 is 19.4 Å². The molecule has 0 radical (unpaired) electrons. The Morgan fingerprint density at radius 1 is 1.10 bits per heavy atom. The zero-order chi connectivity index (χ0) is 29.2. The Balaban J connectivity index is 1.58. The fourth-order valence-electron chi connectivity index (χ4n) is 4.21. The van der Waals surface area contributed by atoms with Crippen LogP contribution in [-0.2, 0) is 22.2 Å². The second-order valence-corrected chi connectivity index (χ2v) is 10.6. The molecule has 14 heteroatoms. The van der Waals surface area contributed by atoms with E-state index < -0.39 is 38.2 Å². The smallest absolute Gasteiger partial charge is 0.466 e. The first-order valence-corrected chi connectivity index (χ1v) is 13.8. The lowest BCUT2D eigenvalue weighted by Gasteiger charge is -2.39. The second-order valence-electron chi connectivity index (χ2n) is 8.91. The van der Waals surface area contributed by atoms with E-state index in [1.807, 2.05) is 6.92 Å². The topological polar surface area (TPSA) is 129 Å². The van der Waals surface area contributed by atoms with Gasteiger partial charge in [-0.25, -0.2) is 22.7 Å². The number of carbonyl (C=O) groups excluding carboxylic acids is 2. The molecule has 0 bridgehead atoms. The first-order valence-electron chi connectivity index (χ1n) is 11.9. The van der Waals surface area contributed by atoms with Gasteiger partial charge in [0.1, 0.15) is 17.4 Å². The van der Waals surface area contributed by atoms with Crippen LogP contribution in [0.1, 0.15) is 40.0 Å². The Bertz CT molecular complexity index is 1480. The van der Waals surface area contributed by atoms with Crippen molar-refractivity contribution in [2.24, 2.45) is 0 Å². The van der Waals surface area contributed by atoms with Gasteiger partial charge in [0.2, 0.25) is 0 Å². The first kappa shape index (κ1) is 29.4. The summed E-state index contributed by atoms with van der Waals surface area (Å²) in [5, 5.41) is 2.73. The lowest BCUT2D eigenvalue weighted by molar-refractivity contribution is 0.0817. The zero-order valence-corrected chi connectivity index (χ0v) is 23.0. The number of hydrogen-bond donors (Lipinski definition) is 3. The molecule has 212 valence electrons. The van der Waals surface area contributed by atoms with Gasteiger partial charge >= 0.3 is 13.9 Å². The molecule has 0 aliphatic carbocycles. The summed E-state index contributed by atoms with van der Waals surface area (Å²) in [7, 11) is -3.19. The van der Waals surface area contributed by atoms with E-state index in [1.165, 1.54) is 46.2 Å². The molecule has 0 spiro atoms. The molecule has 0 saturated carbocycles. The minimum absolute atomic E-state index is 0.0793. The highest BCUT2D eigenvalue weighted by Crippen LogP contribution is 2.38. The van der Waals surface area contributed by atoms with Crippen molar-refractivity contribution in [1.82, 2.24) is 10.2 Å². The molecule has 0 fully saturated rings. The van der Waals surface area contributed by atoms with Gasteiger partial charge < -0.3 is 24.7 Å². The number of fused-ring (bicyclic) bond motifs is 1. The monoisotopic (exact) mass is 595 g/mol. The molecule has 3 aromatic carbocycles. The number of nitrogens with zero attached hydrogens (tertiary/aromatic N) is 2. The number of benzene rings is 3. The quantitative estimate of drug-likeness (QED) is 0.231. The van der Waals surface area contributed by atoms with E-state index in [0.29, 0.717) is 5.69 Å². The first-order chi connectivity index (χ1) is 18.9. The summed E-state index contributed by atoms with van der Waals surface area (Å²) in [4.78, 5) is 46.7. The average Bonchev–Trinajstić information content (AvgIpc) is 2.89. The Kier molecular flexibility index (Phi) is 8.77. The minimum atomic E-state index is -4.80. The fraction of sp³-hybridized carbons (Fsp3) is 0.231. The number of rotatable bonds is 9. The van der Waals surface area contributed by atoms with E-state index in [1.54, 1.807) is 19.2 Å². The molecule has 1 aliphatic heterocycles. The Hall–Kier alpha value is -3.54. The van der Waals surface area contributed by atoms with E-state index in [4.69, 9.17) is 26.1 Å². The molecule has 1 heterocycles. The van der Waals surface area contributed by atoms with Crippen molar-refractivity contribution in [1.29, 1.82) is 0 Å². The zero-order valence-electron chi connectivity index (χ0n) is 21.3. The van der Waals surface area contributed by atoms with Gasteiger partial charge in [0.15, 0.2) is 6.79 Å². The molecule has 4 rings (SSSR count). The number of urea groups is 1. The van der Waals surface area contributed by atoms with Crippen LogP contribution in [0, 0.1) is 11.6 Å². The Morgan fingerprint density at radius 3 is 2.45 bits per heavy atom. The van der Waals surface area contributed by atoms with Crippen molar-refractivity contribution in [2.75, 3.05) is 18.7 Å². The summed E-state index contributed by atoms with van der Waals surface area (Å²) in [5.74, 6) is -2.00. The normalized spacial score (nSPS) is 15.2. The fourth-order valence-corrected chi connectivity index (χ4v) is 4.62. The summed E-state index contributed by atoms with van der Waals surface area (Å²) in [6.07, 6.45) is 0. The number of phosphoric ester groups is 1. The van der Waals surface area contributed by atoms with Gasteiger partial charge in [-0.2, -0.15) is 0 Å². The van der Waals surface area contributed by atoms with Crippen LogP contribution in [0.3, 0.4) is 0 Å². The summed E-state index contributed by atoms with van der Waals surface area (Å²) < 4.78 is 49.3. The number of carbonyl (C=O) groups is 2. The highest BCUT2D eigenvalue weighted by atomic mass is 35.5. The molecule has 10 nitrogen and oxygen atoms in total. The van der Waals surface area contributed by atoms with Crippen molar-refractivity contribution in [3.8, 4) is 5.75 Å². The predicted octanol–water partition coefficient (Wildman–Crippen LogP) is 5.13. The van der Waals surface area contributed by atoms with Crippen molar-refractivity contribution in [3.05, 3.63) is 93.5 Å². The maximum Gasteiger partial charge on any atom is 0.472 e. The van der Waals surface area contributed by atoms with Gasteiger partial charge in [-0.05, 0) is 48.9 Å². The number of anilines is 1. The van der Waals surface area contributed by atoms with E-state index in [9.17, 15) is 22.9 Å². The number of phosphoric acid groups is 1. The standard InChI is InChI=1S/C26H25ClF2N3O7P/c1-15-17-10-9-16(11-23(17)32(26(34)31(15)2)13-19-20(27)5-3-6-22(19)29)25(33)30-12-18-21(28)7-4-8-24(18)38-14-39-40(35,36)37/h3-11,15H,12-14H2,1-2H3,(H,30,33)(H2,35,36,37)/t15-/m0/s1. The Morgan fingerprint density at radius 2 is 1.77 bits per heavy atom. The summed E-state index contributed by atoms with van der Waals surface area (Å²) in [6, 6.07) is 12.0. The highest BCUT2D eigenvalue weighted by Gasteiger charge is 2.34. The second kappa shape index (κ2) is 11.9. The molecular weight excluding hydrogens is 571 g/mol.